The Balaban J connectivity index is 1.81. The molecule has 2 fully saturated rings. The topological polar surface area (TPSA) is 90.5 Å². The third-order valence-electron chi connectivity index (χ3n) is 3.91. The summed E-state index contributed by atoms with van der Waals surface area (Å²) < 4.78 is 0. The summed E-state index contributed by atoms with van der Waals surface area (Å²) in [5, 5.41) is 8.31. The first-order valence-electron chi connectivity index (χ1n) is 7.15. The number of nitrogens with zero attached hydrogens (tertiary/aromatic N) is 1. The van der Waals surface area contributed by atoms with E-state index in [1.807, 2.05) is 0 Å². The van der Waals surface area contributed by atoms with Gasteiger partial charge in [-0.1, -0.05) is 0 Å². The maximum Gasteiger partial charge on any atom is 0.242 e. The van der Waals surface area contributed by atoms with Crippen LogP contribution >= 0.6 is 0 Å². The molecule has 0 bridgehead atoms. The smallest absolute Gasteiger partial charge is 0.242 e. The van der Waals surface area contributed by atoms with Gasteiger partial charge in [0, 0.05) is 13.6 Å². The molecule has 0 saturated carbocycles. The number of rotatable bonds is 4. The molecule has 0 aromatic carbocycles. The van der Waals surface area contributed by atoms with Crippen molar-refractivity contribution in [2.24, 2.45) is 0 Å². The lowest BCUT2D eigenvalue weighted by Crippen LogP contribution is -2.50. The number of likely N-dealkylation sites (N-methyl/N-ethyl adjacent to an activating group) is 1. The predicted molar refractivity (Wildman–Crippen MR) is 72.8 cm³/mol. The molecular weight excluding hydrogens is 260 g/mol. The second-order valence-electron chi connectivity index (χ2n) is 5.23. The molecule has 2 aliphatic rings. The van der Waals surface area contributed by atoms with Crippen molar-refractivity contribution in [3.63, 3.8) is 0 Å². The Hall–Kier alpha value is -1.63. The van der Waals surface area contributed by atoms with E-state index in [2.05, 4.69) is 16.0 Å². The van der Waals surface area contributed by atoms with E-state index < -0.39 is 6.04 Å². The Morgan fingerprint density at radius 1 is 1.20 bits per heavy atom. The lowest BCUT2D eigenvalue weighted by Gasteiger charge is -2.23. The third kappa shape index (κ3) is 3.27. The fourth-order valence-electron chi connectivity index (χ4n) is 2.80. The van der Waals surface area contributed by atoms with Crippen LogP contribution in [0.3, 0.4) is 0 Å². The largest absolute Gasteiger partial charge is 0.357 e. The first-order chi connectivity index (χ1) is 9.63. The van der Waals surface area contributed by atoms with E-state index in [0.29, 0.717) is 13.0 Å². The molecule has 0 aliphatic carbocycles. The maximum absolute atomic E-state index is 12.1. The van der Waals surface area contributed by atoms with E-state index in [0.717, 1.165) is 25.8 Å². The highest BCUT2D eigenvalue weighted by Gasteiger charge is 2.33. The summed E-state index contributed by atoms with van der Waals surface area (Å²) in [6.45, 7) is 1.38. The standard InChI is InChI=1S/C13H22N4O3/c1-14-13(20)10-5-3-7-17(10)11(18)8-16-12(19)9-4-2-6-15-9/h9-10,15H,2-8H2,1H3,(H,14,20)(H,16,19). The molecule has 7 heteroatoms. The highest BCUT2D eigenvalue weighted by molar-refractivity contribution is 5.91. The van der Waals surface area contributed by atoms with Crippen molar-refractivity contribution in [1.29, 1.82) is 0 Å². The molecule has 2 saturated heterocycles. The van der Waals surface area contributed by atoms with Crippen LogP contribution in [0.4, 0.5) is 0 Å². The number of nitrogens with one attached hydrogen (secondary N) is 3. The van der Waals surface area contributed by atoms with Gasteiger partial charge in [-0.25, -0.2) is 0 Å². The minimum absolute atomic E-state index is 0.0372. The number of hydrogen-bond acceptors (Lipinski definition) is 4. The lowest BCUT2D eigenvalue weighted by atomic mass is 10.2. The Morgan fingerprint density at radius 2 is 2.00 bits per heavy atom. The van der Waals surface area contributed by atoms with E-state index >= 15 is 0 Å². The highest BCUT2D eigenvalue weighted by atomic mass is 16.2. The molecule has 2 atom stereocenters. The summed E-state index contributed by atoms with van der Waals surface area (Å²) in [5.74, 6) is -0.464. The predicted octanol–water partition coefficient (Wildman–Crippen LogP) is -1.41. The summed E-state index contributed by atoms with van der Waals surface area (Å²) in [7, 11) is 1.57. The summed E-state index contributed by atoms with van der Waals surface area (Å²) in [4.78, 5) is 37.1. The van der Waals surface area contributed by atoms with Gasteiger partial charge in [-0.3, -0.25) is 14.4 Å². The highest BCUT2D eigenvalue weighted by Crippen LogP contribution is 2.17. The van der Waals surface area contributed by atoms with Gasteiger partial charge in [-0.05, 0) is 32.2 Å². The van der Waals surface area contributed by atoms with Crippen LogP contribution in [0.5, 0.6) is 0 Å². The minimum atomic E-state index is -0.394. The maximum atomic E-state index is 12.1. The normalized spacial score (nSPS) is 25.6. The summed E-state index contributed by atoms with van der Waals surface area (Å²) >= 11 is 0. The van der Waals surface area contributed by atoms with E-state index in [9.17, 15) is 14.4 Å². The van der Waals surface area contributed by atoms with Gasteiger partial charge >= 0.3 is 0 Å². The van der Waals surface area contributed by atoms with Gasteiger partial charge in [-0.15, -0.1) is 0 Å². The molecule has 2 unspecified atom stereocenters. The number of carbonyl (C=O) groups is 3. The summed E-state index contributed by atoms with van der Waals surface area (Å²) in [5.41, 5.74) is 0. The second-order valence-corrected chi connectivity index (χ2v) is 5.23. The fourth-order valence-corrected chi connectivity index (χ4v) is 2.80. The molecule has 20 heavy (non-hydrogen) atoms. The molecule has 2 heterocycles. The minimum Gasteiger partial charge on any atom is -0.357 e. The average Bonchev–Trinajstić information content (AvgIpc) is 3.13. The van der Waals surface area contributed by atoms with E-state index in [1.54, 1.807) is 11.9 Å². The molecule has 0 radical (unpaired) electrons. The Labute approximate surface area is 118 Å². The van der Waals surface area contributed by atoms with Gasteiger partial charge in [0.05, 0.1) is 12.6 Å². The number of likely N-dealkylation sites (tertiary alicyclic amines) is 1. The molecule has 7 nitrogen and oxygen atoms in total. The van der Waals surface area contributed by atoms with Gasteiger partial charge in [0.2, 0.25) is 17.7 Å². The van der Waals surface area contributed by atoms with Gasteiger partial charge < -0.3 is 20.9 Å². The van der Waals surface area contributed by atoms with Crippen LogP contribution in [0, 0.1) is 0 Å². The van der Waals surface area contributed by atoms with Crippen molar-refractivity contribution in [3.05, 3.63) is 0 Å². The van der Waals surface area contributed by atoms with Gasteiger partial charge in [-0.2, -0.15) is 0 Å². The summed E-state index contributed by atoms with van der Waals surface area (Å²) in [6.07, 6.45) is 3.30. The van der Waals surface area contributed by atoms with Crippen LogP contribution in [0.2, 0.25) is 0 Å². The van der Waals surface area contributed by atoms with E-state index in [-0.39, 0.29) is 30.3 Å². The fraction of sp³-hybridized carbons (Fsp3) is 0.769. The zero-order valence-corrected chi connectivity index (χ0v) is 11.8. The number of amides is 3. The molecule has 112 valence electrons. The van der Waals surface area contributed by atoms with Crippen molar-refractivity contribution in [2.75, 3.05) is 26.7 Å². The van der Waals surface area contributed by atoms with E-state index in [4.69, 9.17) is 0 Å². The van der Waals surface area contributed by atoms with Crippen LogP contribution in [-0.4, -0.2) is 61.4 Å². The average molecular weight is 282 g/mol. The lowest BCUT2D eigenvalue weighted by molar-refractivity contribution is -0.138. The molecule has 0 aromatic rings. The summed E-state index contributed by atoms with van der Waals surface area (Å²) in [6, 6.07) is -0.579. The van der Waals surface area contributed by atoms with Crippen molar-refractivity contribution in [3.8, 4) is 0 Å². The first kappa shape index (κ1) is 14.8. The van der Waals surface area contributed by atoms with E-state index in [1.165, 1.54) is 0 Å². The molecule has 0 spiro atoms. The Morgan fingerprint density at radius 3 is 2.65 bits per heavy atom. The molecule has 3 amide bonds. The molecule has 2 rings (SSSR count). The van der Waals surface area contributed by atoms with Crippen LogP contribution in [0.15, 0.2) is 0 Å². The molecular formula is C13H22N4O3. The number of carbonyl (C=O) groups excluding carboxylic acids is 3. The van der Waals surface area contributed by atoms with Crippen LogP contribution < -0.4 is 16.0 Å². The van der Waals surface area contributed by atoms with Gasteiger partial charge in [0.25, 0.3) is 0 Å². The van der Waals surface area contributed by atoms with Crippen LogP contribution in [0.1, 0.15) is 25.7 Å². The van der Waals surface area contributed by atoms with Gasteiger partial charge in [0.15, 0.2) is 0 Å². The SMILES string of the molecule is CNC(=O)C1CCCN1C(=O)CNC(=O)C1CCCN1. The van der Waals surface area contributed by atoms with Crippen molar-refractivity contribution in [2.45, 2.75) is 37.8 Å². The van der Waals surface area contributed by atoms with Crippen LogP contribution in [-0.2, 0) is 14.4 Å². The Kier molecular flexibility index (Phi) is 4.94. The third-order valence-corrected chi connectivity index (χ3v) is 3.91. The molecule has 0 aromatic heterocycles. The second kappa shape index (κ2) is 6.69. The molecule has 2 aliphatic heterocycles. The first-order valence-corrected chi connectivity index (χ1v) is 7.15. The zero-order valence-electron chi connectivity index (χ0n) is 11.8. The number of hydrogen-bond donors (Lipinski definition) is 3. The Bertz CT molecular complexity index is 393. The van der Waals surface area contributed by atoms with Crippen molar-refractivity contribution < 1.29 is 14.4 Å². The van der Waals surface area contributed by atoms with Gasteiger partial charge in [0.1, 0.15) is 6.04 Å². The zero-order chi connectivity index (χ0) is 14.5. The monoisotopic (exact) mass is 282 g/mol. The quantitative estimate of drug-likeness (QED) is 0.591. The van der Waals surface area contributed by atoms with Crippen molar-refractivity contribution >= 4 is 17.7 Å². The molecule has 3 N–H and O–H groups in total. The van der Waals surface area contributed by atoms with Crippen LogP contribution in [0.25, 0.3) is 0 Å². The van der Waals surface area contributed by atoms with Crippen molar-refractivity contribution in [1.82, 2.24) is 20.9 Å².